The summed E-state index contributed by atoms with van der Waals surface area (Å²) in [6, 6.07) is 4.48. The summed E-state index contributed by atoms with van der Waals surface area (Å²) in [6.45, 7) is 2.87. The van der Waals surface area contributed by atoms with Crippen molar-refractivity contribution in [1.29, 1.82) is 0 Å². The lowest BCUT2D eigenvalue weighted by atomic mass is 10.2. The monoisotopic (exact) mass is 334 g/mol. The Morgan fingerprint density at radius 3 is 2.67 bits per heavy atom. The fourth-order valence-electron chi connectivity index (χ4n) is 2.06. The maximum Gasteiger partial charge on any atom is 0.240 e. The van der Waals surface area contributed by atoms with Gasteiger partial charge in [-0.05, 0) is 37.2 Å². The molecule has 7 heteroatoms. The van der Waals surface area contributed by atoms with Crippen molar-refractivity contribution in [2.24, 2.45) is 0 Å². The van der Waals surface area contributed by atoms with E-state index in [1.165, 1.54) is 6.07 Å². The second-order valence-electron chi connectivity index (χ2n) is 4.85. The molecule has 1 unspecified atom stereocenters. The predicted molar refractivity (Wildman–Crippen MR) is 85.1 cm³/mol. The molecule has 120 valence electrons. The molecule has 1 atom stereocenters. The van der Waals surface area contributed by atoms with E-state index in [1.807, 2.05) is 6.92 Å². The molecule has 21 heavy (non-hydrogen) atoms. The number of methoxy groups -OCH3 is 1. The minimum atomic E-state index is -3.58. The van der Waals surface area contributed by atoms with Crippen molar-refractivity contribution < 1.29 is 13.2 Å². The van der Waals surface area contributed by atoms with Crippen LogP contribution in [0.3, 0.4) is 0 Å². The normalized spacial score (nSPS) is 13.3. The Hall–Kier alpha value is -0.660. The van der Waals surface area contributed by atoms with Crippen LogP contribution in [0.5, 0.6) is 0 Å². The summed E-state index contributed by atoms with van der Waals surface area (Å²) in [7, 11) is -0.235. The maximum atomic E-state index is 12.4. The van der Waals surface area contributed by atoms with Gasteiger partial charge in [-0.1, -0.05) is 24.9 Å². The largest absolute Gasteiger partial charge is 0.383 e. The van der Waals surface area contributed by atoms with Gasteiger partial charge in [-0.25, -0.2) is 13.1 Å². The van der Waals surface area contributed by atoms with E-state index in [0.717, 1.165) is 18.4 Å². The molecule has 0 aromatic heterocycles. The molecular weight excluding hydrogens is 312 g/mol. The first kappa shape index (κ1) is 18.4. The SMILES string of the molecule is CCCC(COC)NS(=O)(=O)c1ccc(Cl)c(CNC)c1. The number of rotatable bonds is 9. The van der Waals surface area contributed by atoms with Gasteiger partial charge in [0.25, 0.3) is 0 Å². The number of hydrogen-bond acceptors (Lipinski definition) is 4. The highest BCUT2D eigenvalue weighted by Crippen LogP contribution is 2.20. The Bertz CT molecular complexity index is 543. The summed E-state index contributed by atoms with van der Waals surface area (Å²) in [5.74, 6) is 0. The minimum absolute atomic E-state index is 0.217. The molecule has 2 N–H and O–H groups in total. The second-order valence-corrected chi connectivity index (χ2v) is 6.97. The van der Waals surface area contributed by atoms with Crippen LogP contribution in [0.15, 0.2) is 23.1 Å². The van der Waals surface area contributed by atoms with Gasteiger partial charge in [-0.3, -0.25) is 0 Å². The summed E-state index contributed by atoms with van der Waals surface area (Å²) in [4.78, 5) is 0.217. The molecule has 0 aliphatic carbocycles. The molecule has 1 aromatic carbocycles. The quantitative estimate of drug-likeness (QED) is 0.726. The van der Waals surface area contributed by atoms with Gasteiger partial charge < -0.3 is 10.1 Å². The fourth-order valence-corrected chi connectivity index (χ4v) is 3.55. The van der Waals surface area contributed by atoms with Gasteiger partial charge in [0, 0.05) is 24.7 Å². The molecule has 0 amide bonds. The lowest BCUT2D eigenvalue weighted by molar-refractivity contribution is 0.171. The Kier molecular flexibility index (Phi) is 7.62. The Morgan fingerprint density at radius 2 is 2.10 bits per heavy atom. The highest BCUT2D eigenvalue weighted by atomic mass is 35.5. The zero-order valence-electron chi connectivity index (χ0n) is 12.6. The van der Waals surface area contributed by atoms with Crippen molar-refractivity contribution in [3.05, 3.63) is 28.8 Å². The van der Waals surface area contributed by atoms with Crippen molar-refractivity contribution >= 4 is 21.6 Å². The lowest BCUT2D eigenvalue weighted by Gasteiger charge is -2.17. The first-order valence-electron chi connectivity index (χ1n) is 6.88. The molecule has 1 aromatic rings. The second kappa shape index (κ2) is 8.70. The summed E-state index contributed by atoms with van der Waals surface area (Å²) in [5.41, 5.74) is 0.751. The van der Waals surface area contributed by atoms with E-state index >= 15 is 0 Å². The Morgan fingerprint density at radius 1 is 1.38 bits per heavy atom. The molecule has 0 saturated carbocycles. The number of sulfonamides is 1. The maximum absolute atomic E-state index is 12.4. The molecule has 5 nitrogen and oxygen atoms in total. The molecule has 0 bridgehead atoms. The number of benzene rings is 1. The molecule has 0 radical (unpaired) electrons. The van der Waals surface area contributed by atoms with Crippen molar-refractivity contribution in [1.82, 2.24) is 10.0 Å². The van der Waals surface area contributed by atoms with Crippen LogP contribution in [-0.4, -0.2) is 35.2 Å². The van der Waals surface area contributed by atoms with Gasteiger partial charge in [0.15, 0.2) is 0 Å². The fraction of sp³-hybridized carbons (Fsp3) is 0.571. The molecule has 0 spiro atoms. The highest BCUT2D eigenvalue weighted by molar-refractivity contribution is 7.89. The summed E-state index contributed by atoms with van der Waals surface area (Å²) in [6.07, 6.45) is 1.60. The van der Waals surface area contributed by atoms with Gasteiger partial charge in [0.2, 0.25) is 10.0 Å². The molecule has 0 saturated heterocycles. The van der Waals surface area contributed by atoms with E-state index in [9.17, 15) is 8.42 Å². The van der Waals surface area contributed by atoms with E-state index in [2.05, 4.69) is 10.0 Å². The van der Waals surface area contributed by atoms with Crippen LogP contribution in [0.2, 0.25) is 5.02 Å². The zero-order chi connectivity index (χ0) is 15.9. The molecular formula is C14H23ClN2O3S. The minimum Gasteiger partial charge on any atom is -0.383 e. The van der Waals surface area contributed by atoms with Crippen LogP contribution in [0.25, 0.3) is 0 Å². The van der Waals surface area contributed by atoms with Crippen LogP contribution in [0.4, 0.5) is 0 Å². The van der Waals surface area contributed by atoms with Gasteiger partial charge in [-0.15, -0.1) is 0 Å². The molecule has 0 fully saturated rings. The van der Waals surface area contributed by atoms with E-state index < -0.39 is 10.0 Å². The van der Waals surface area contributed by atoms with E-state index in [1.54, 1.807) is 26.3 Å². The Balaban J connectivity index is 2.98. The average Bonchev–Trinajstić information content (AvgIpc) is 2.41. The summed E-state index contributed by atoms with van der Waals surface area (Å²) >= 11 is 6.06. The number of halogens is 1. The van der Waals surface area contributed by atoms with Crippen LogP contribution < -0.4 is 10.0 Å². The standard InChI is InChI=1S/C14H23ClN2O3S/c1-4-5-12(10-20-3)17-21(18,19)13-6-7-14(15)11(8-13)9-16-2/h6-8,12,16-17H,4-5,9-10H2,1-3H3. The van der Waals surface area contributed by atoms with Crippen molar-refractivity contribution in [3.63, 3.8) is 0 Å². The molecule has 0 aliphatic heterocycles. The first-order valence-corrected chi connectivity index (χ1v) is 8.75. The van der Waals surface area contributed by atoms with E-state index in [-0.39, 0.29) is 10.9 Å². The highest BCUT2D eigenvalue weighted by Gasteiger charge is 2.20. The smallest absolute Gasteiger partial charge is 0.240 e. The van der Waals surface area contributed by atoms with Crippen LogP contribution in [0.1, 0.15) is 25.3 Å². The third-order valence-electron chi connectivity index (χ3n) is 3.02. The van der Waals surface area contributed by atoms with E-state index in [0.29, 0.717) is 18.2 Å². The molecule has 0 heterocycles. The summed E-state index contributed by atoms with van der Waals surface area (Å²) < 4.78 is 32.6. The first-order chi connectivity index (χ1) is 9.94. The zero-order valence-corrected chi connectivity index (χ0v) is 14.2. The predicted octanol–water partition coefficient (Wildman–Crippen LogP) is 2.15. The number of nitrogens with one attached hydrogen (secondary N) is 2. The number of hydrogen-bond donors (Lipinski definition) is 2. The van der Waals surface area contributed by atoms with Gasteiger partial charge in [0.05, 0.1) is 11.5 Å². The third-order valence-corrected chi connectivity index (χ3v) is 4.91. The topological polar surface area (TPSA) is 67.4 Å². The van der Waals surface area contributed by atoms with Gasteiger partial charge >= 0.3 is 0 Å². The van der Waals surface area contributed by atoms with Crippen LogP contribution in [-0.2, 0) is 21.3 Å². The number of ether oxygens (including phenoxy) is 1. The lowest BCUT2D eigenvalue weighted by Crippen LogP contribution is -2.37. The van der Waals surface area contributed by atoms with Crippen molar-refractivity contribution in [2.45, 2.75) is 37.2 Å². The van der Waals surface area contributed by atoms with Crippen molar-refractivity contribution in [2.75, 3.05) is 20.8 Å². The van der Waals surface area contributed by atoms with Gasteiger partial charge in [-0.2, -0.15) is 0 Å². The molecule has 0 aliphatic rings. The van der Waals surface area contributed by atoms with E-state index in [4.69, 9.17) is 16.3 Å². The third kappa shape index (κ3) is 5.56. The average molecular weight is 335 g/mol. The molecule has 1 rings (SSSR count). The summed E-state index contributed by atoms with van der Waals surface area (Å²) in [5, 5.41) is 3.51. The Labute approximate surface area is 132 Å². The van der Waals surface area contributed by atoms with Crippen LogP contribution in [0, 0.1) is 0 Å². The van der Waals surface area contributed by atoms with Crippen molar-refractivity contribution in [3.8, 4) is 0 Å². The van der Waals surface area contributed by atoms with Crippen LogP contribution >= 0.6 is 11.6 Å². The van der Waals surface area contributed by atoms with Gasteiger partial charge in [0.1, 0.15) is 0 Å².